The van der Waals surface area contributed by atoms with Gasteiger partial charge in [0.25, 0.3) is 0 Å². The van der Waals surface area contributed by atoms with Gasteiger partial charge in [-0.15, -0.1) is 0 Å². The third kappa shape index (κ3) is 1.12. The predicted molar refractivity (Wildman–Crippen MR) is 45.7 cm³/mol. The molecule has 2 rings (SSSR count). The van der Waals surface area contributed by atoms with Crippen molar-refractivity contribution in [2.24, 2.45) is 0 Å². The summed E-state index contributed by atoms with van der Waals surface area (Å²) in [5.74, 6) is 0.609. The summed E-state index contributed by atoms with van der Waals surface area (Å²) in [7, 11) is 0. The normalized spacial score (nSPS) is 10.7. The lowest BCUT2D eigenvalue weighted by Gasteiger charge is -1.93. The Labute approximate surface area is 76.2 Å². The molecular formula is C6H3BrClN3. The molecule has 0 fully saturated rings. The highest BCUT2D eigenvalue weighted by atomic mass is 79.9. The molecule has 0 N–H and O–H groups in total. The van der Waals surface area contributed by atoms with Crippen molar-refractivity contribution < 1.29 is 0 Å². The number of aromatic nitrogens is 3. The molecule has 0 aliphatic carbocycles. The zero-order chi connectivity index (χ0) is 7.84. The average molecular weight is 232 g/mol. The first-order valence-electron chi connectivity index (χ1n) is 2.91. The summed E-state index contributed by atoms with van der Waals surface area (Å²) in [4.78, 5) is 7.98. The molecule has 2 aromatic heterocycles. The lowest BCUT2D eigenvalue weighted by atomic mass is 10.7. The van der Waals surface area contributed by atoms with Crippen LogP contribution < -0.4 is 0 Å². The molecule has 0 saturated heterocycles. The molecule has 0 amide bonds. The Bertz CT molecular complexity index is 398. The van der Waals surface area contributed by atoms with Crippen LogP contribution in [0.5, 0.6) is 0 Å². The first kappa shape index (κ1) is 7.06. The number of rotatable bonds is 0. The molecule has 5 heteroatoms. The summed E-state index contributed by atoms with van der Waals surface area (Å²) in [5.41, 5.74) is 0. The maximum atomic E-state index is 5.78. The van der Waals surface area contributed by atoms with Crippen LogP contribution >= 0.6 is 27.5 Å². The van der Waals surface area contributed by atoms with Gasteiger partial charge in [0.2, 0.25) is 5.78 Å². The topological polar surface area (TPSA) is 30.2 Å². The number of imidazole rings is 1. The summed E-state index contributed by atoms with van der Waals surface area (Å²) >= 11 is 9.07. The van der Waals surface area contributed by atoms with Crippen molar-refractivity contribution in [3.05, 3.63) is 28.2 Å². The van der Waals surface area contributed by atoms with Crippen LogP contribution in [0.3, 0.4) is 0 Å². The monoisotopic (exact) mass is 231 g/mol. The van der Waals surface area contributed by atoms with Crippen molar-refractivity contribution in [3.8, 4) is 0 Å². The molecule has 0 saturated carbocycles. The second-order valence-electron chi connectivity index (χ2n) is 2.02. The Morgan fingerprint density at radius 1 is 1.36 bits per heavy atom. The Hall–Kier alpha value is -0.610. The van der Waals surface area contributed by atoms with Crippen LogP contribution in [-0.2, 0) is 0 Å². The third-order valence-electron chi connectivity index (χ3n) is 1.29. The van der Waals surface area contributed by atoms with Gasteiger partial charge in [0, 0.05) is 12.4 Å². The first-order chi connectivity index (χ1) is 5.27. The fourth-order valence-corrected chi connectivity index (χ4v) is 1.30. The maximum absolute atomic E-state index is 5.78. The molecule has 0 radical (unpaired) electrons. The van der Waals surface area contributed by atoms with Gasteiger partial charge in [-0.3, -0.25) is 4.40 Å². The van der Waals surface area contributed by atoms with E-state index < -0.39 is 0 Å². The minimum atomic E-state index is 0.564. The smallest absolute Gasteiger partial charge is 0.234 e. The fourth-order valence-electron chi connectivity index (χ4n) is 0.822. The average Bonchev–Trinajstić information content (AvgIpc) is 2.33. The van der Waals surface area contributed by atoms with Gasteiger partial charge in [-0.05, 0) is 15.9 Å². The van der Waals surface area contributed by atoms with Gasteiger partial charge < -0.3 is 0 Å². The number of hydrogen-bond donors (Lipinski definition) is 0. The third-order valence-corrected chi connectivity index (χ3v) is 1.98. The van der Waals surface area contributed by atoms with Gasteiger partial charge in [-0.25, -0.2) is 9.97 Å². The van der Waals surface area contributed by atoms with E-state index in [9.17, 15) is 0 Å². The molecule has 0 aliphatic heterocycles. The first-order valence-corrected chi connectivity index (χ1v) is 4.08. The molecule has 3 nitrogen and oxygen atoms in total. The fraction of sp³-hybridized carbons (Fsp3) is 0. The number of halogens is 2. The van der Waals surface area contributed by atoms with Crippen LogP contribution in [-0.4, -0.2) is 14.4 Å². The molecule has 0 bridgehead atoms. The van der Waals surface area contributed by atoms with Crippen molar-refractivity contribution in [3.63, 3.8) is 0 Å². The highest BCUT2D eigenvalue weighted by Crippen LogP contribution is 2.13. The van der Waals surface area contributed by atoms with Gasteiger partial charge in [0.05, 0.1) is 10.7 Å². The van der Waals surface area contributed by atoms with Crippen LogP contribution in [0, 0.1) is 0 Å². The van der Waals surface area contributed by atoms with Crippen LogP contribution in [0.25, 0.3) is 5.78 Å². The standard InChI is InChI=1S/C6H3BrClN3/c7-4-1-9-6-10-2-5(8)11(6)3-4/h1-3H. The Morgan fingerprint density at radius 3 is 2.91 bits per heavy atom. The summed E-state index contributed by atoms with van der Waals surface area (Å²) in [6, 6.07) is 0. The molecule has 2 heterocycles. The van der Waals surface area contributed by atoms with E-state index in [4.69, 9.17) is 11.6 Å². The van der Waals surface area contributed by atoms with Crippen LogP contribution in [0.1, 0.15) is 0 Å². The maximum Gasteiger partial charge on any atom is 0.234 e. The van der Waals surface area contributed by atoms with Gasteiger partial charge in [-0.2, -0.15) is 0 Å². The second kappa shape index (κ2) is 2.46. The lowest BCUT2D eigenvalue weighted by molar-refractivity contribution is 1.10. The van der Waals surface area contributed by atoms with E-state index in [1.54, 1.807) is 16.8 Å². The minimum Gasteiger partial charge on any atom is -0.273 e. The highest BCUT2D eigenvalue weighted by Gasteiger charge is 2.00. The Balaban J connectivity index is 2.87. The van der Waals surface area contributed by atoms with Crippen molar-refractivity contribution in [2.45, 2.75) is 0 Å². The Morgan fingerprint density at radius 2 is 2.09 bits per heavy atom. The number of nitrogens with zero attached hydrogens (tertiary/aromatic N) is 3. The molecule has 11 heavy (non-hydrogen) atoms. The largest absolute Gasteiger partial charge is 0.273 e. The van der Waals surface area contributed by atoms with E-state index in [2.05, 4.69) is 25.9 Å². The molecule has 0 atom stereocenters. The van der Waals surface area contributed by atoms with Crippen molar-refractivity contribution in [1.82, 2.24) is 14.4 Å². The summed E-state index contributed by atoms with van der Waals surface area (Å²) in [5, 5.41) is 0.564. The quantitative estimate of drug-likeness (QED) is 0.697. The summed E-state index contributed by atoms with van der Waals surface area (Å²) in [6.07, 6.45) is 5.06. The van der Waals surface area contributed by atoms with Crippen LogP contribution in [0.2, 0.25) is 5.15 Å². The van der Waals surface area contributed by atoms with E-state index in [0.717, 1.165) is 4.47 Å². The zero-order valence-electron chi connectivity index (χ0n) is 5.33. The van der Waals surface area contributed by atoms with Crippen molar-refractivity contribution in [1.29, 1.82) is 0 Å². The molecule has 0 aliphatic rings. The van der Waals surface area contributed by atoms with Crippen molar-refractivity contribution in [2.75, 3.05) is 0 Å². The van der Waals surface area contributed by atoms with E-state index in [1.165, 1.54) is 0 Å². The molecular weight excluding hydrogens is 229 g/mol. The van der Waals surface area contributed by atoms with Gasteiger partial charge in [0.15, 0.2) is 0 Å². The second-order valence-corrected chi connectivity index (χ2v) is 3.33. The molecule has 2 aromatic rings. The van der Waals surface area contributed by atoms with E-state index >= 15 is 0 Å². The van der Waals surface area contributed by atoms with E-state index in [-0.39, 0.29) is 0 Å². The summed E-state index contributed by atoms with van der Waals surface area (Å²) < 4.78 is 2.58. The van der Waals surface area contributed by atoms with Gasteiger partial charge >= 0.3 is 0 Å². The number of fused-ring (bicyclic) bond motifs is 1. The predicted octanol–water partition coefficient (Wildman–Crippen LogP) is 2.15. The zero-order valence-corrected chi connectivity index (χ0v) is 7.67. The SMILES string of the molecule is Clc1cnc2ncc(Br)cn12. The lowest BCUT2D eigenvalue weighted by Crippen LogP contribution is -1.86. The molecule has 0 aromatic carbocycles. The van der Waals surface area contributed by atoms with Crippen LogP contribution in [0.15, 0.2) is 23.1 Å². The molecule has 0 spiro atoms. The summed E-state index contributed by atoms with van der Waals surface area (Å²) in [6.45, 7) is 0. The van der Waals surface area contributed by atoms with Gasteiger partial charge in [-0.1, -0.05) is 11.6 Å². The minimum absolute atomic E-state index is 0.564. The Kier molecular flexibility index (Phi) is 1.58. The van der Waals surface area contributed by atoms with Crippen LogP contribution in [0.4, 0.5) is 0 Å². The number of hydrogen-bond acceptors (Lipinski definition) is 2. The molecule has 0 unspecified atom stereocenters. The van der Waals surface area contributed by atoms with Gasteiger partial charge in [0.1, 0.15) is 5.15 Å². The van der Waals surface area contributed by atoms with Crippen molar-refractivity contribution >= 4 is 33.3 Å². The highest BCUT2D eigenvalue weighted by molar-refractivity contribution is 9.10. The van der Waals surface area contributed by atoms with E-state index in [0.29, 0.717) is 10.9 Å². The molecule has 56 valence electrons. The van der Waals surface area contributed by atoms with E-state index in [1.807, 2.05) is 6.20 Å².